The zero-order chi connectivity index (χ0) is 8.10. The van der Waals surface area contributed by atoms with Gasteiger partial charge in [0.25, 0.3) is 0 Å². The van der Waals surface area contributed by atoms with Crippen molar-refractivity contribution in [2.24, 2.45) is 0 Å². The summed E-state index contributed by atoms with van der Waals surface area (Å²) in [5.74, 6) is 0. The van der Waals surface area contributed by atoms with Crippen LogP contribution < -0.4 is 0 Å². The van der Waals surface area contributed by atoms with Gasteiger partial charge in [-0.15, -0.1) is 0 Å². The van der Waals surface area contributed by atoms with E-state index in [0.29, 0.717) is 12.0 Å². The summed E-state index contributed by atoms with van der Waals surface area (Å²) in [6.07, 6.45) is 0.668. The minimum absolute atomic E-state index is 0.668. The zero-order valence-electron chi connectivity index (χ0n) is 5.87. The van der Waals surface area contributed by atoms with Gasteiger partial charge in [0.2, 0.25) is 0 Å². The zero-order valence-corrected chi connectivity index (χ0v) is 6.69. The molecule has 0 N–H and O–H groups in total. The number of hydrogen-bond acceptors (Lipinski definition) is 2. The van der Waals surface area contributed by atoms with Gasteiger partial charge in [-0.25, -0.2) is 0 Å². The first-order chi connectivity index (χ1) is 5.36. The van der Waals surface area contributed by atoms with Gasteiger partial charge in [0.05, 0.1) is 11.6 Å². The SMILES string of the molecule is N#Cc1ccc(C[C]=S)cc1. The minimum atomic E-state index is 0.668. The summed E-state index contributed by atoms with van der Waals surface area (Å²) in [6, 6.07) is 9.38. The van der Waals surface area contributed by atoms with Crippen LogP contribution in [-0.2, 0) is 6.42 Å². The molecule has 1 nitrogen and oxygen atoms in total. The molecule has 0 atom stereocenters. The lowest BCUT2D eigenvalue weighted by Crippen LogP contribution is -1.83. The highest BCUT2D eigenvalue weighted by Gasteiger charge is 1.90. The minimum Gasteiger partial charge on any atom is -0.192 e. The lowest BCUT2D eigenvalue weighted by atomic mass is 10.1. The first-order valence-corrected chi connectivity index (χ1v) is 3.61. The molecule has 0 unspecified atom stereocenters. The number of thiocarbonyl (C=S) groups is 1. The molecule has 1 aromatic carbocycles. The first-order valence-electron chi connectivity index (χ1n) is 3.21. The van der Waals surface area contributed by atoms with Crippen molar-refractivity contribution in [3.8, 4) is 6.07 Å². The van der Waals surface area contributed by atoms with E-state index in [9.17, 15) is 0 Å². The van der Waals surface area contributed by atoms with E-state index in [4.69, 9.17) is 5.26 Å². The average molecular weight is 160 g/mol. The van der Waals surface area contributed by atoms with Gasteiger partial charge in [-0.2, -0.15) is 5.26 Å². The topological polar surface area (TPSA) is 23.8 Å². The largest absolute Gasteiger partial charge is 0.192 e. The molecule has 0 saturated heterocycles. The lowest BCUT2D eigenvalue weighted by Gasteiger charge is -1.93. The number of benzene rings is 1. The monoisotopic (exact) mass is 160 g/mol. The molecule has 1 aromatic rings. The molecule has 1 radical (unpaired) electrons. The van der Waals surface area contributed by atoms with Crippen LogP contribution >= 0.6 is 12.2 Å². The van der Waals surface area contributed by atoms with E-state index in [0.717, 1.165) is 5.56 Å². The molecule has 0 aliphatic heterocycles. The summed E-state index contributed by atoms with van der Waals surface area (Å²) in [7, 11) is 0. The molecule has 2 heteroatoms. The van der Waals surface area contributed by atoms with Crippen molar-refractivity contribution >= 4 is 17.6 Å². The van der Waals surface area contributed by atoms with E-state index in [2.05, 4.69) is 17.6 Å². The molecule has 0 saturated carbocycles. The van der Waals surface area contributed by atoms with Crippen molar-refractivity contribution < 1.29 is 0 Å². The van der Waals surface area contributed by atoms with Gasteiger partial charge >= 0.3 is 0 Å². The van der Waals surface area contributed by atoms with Gasteiger partial charge in [0.15, 0.2) is 0 Å². The molecule has 1 rings (SSSR count). The Bertz CT molecular complexity index is 281. The van der Waals surface area contributed by atoms with Crippen LogP contribution in [0.25, 0.3) is 0 Å². The van der Waals surface area contributed by atoms with Gasteiger partial charge in [-0.05, 0) is 17.7 Å². The maximum atomic E-state index is 8.47. The van der Waals surface area contributed by atoms with E-state index >= 15 is 0 Å². The smallest absolute Gasteiger partial charge is 0.0991 e. The molecule has 0 bridgehead atoms. The third-order valence-electron chi connectivity index (χ3n) is 1.36. The number of nitriles is 1. The Hall–Kier alpha value is -1.20. The van der Waals surface area contributed by atoms with Crippen LogP contribution in [0.4, 0.5) is 0 Å². The second kappa shape index (κ2) is 3.85. The quantitative estimate of drug-likeness (QED) is 0.618. The molecule has 0 heterocycles. The van der Waals surface area contributed by atoms with Gasteiger partial charge in [-0.1, -0.05) is 24.4 Å². The highest BCUT2D eigenvalue weighted by molar-refractivity contribution is 7.78. The summed E-state index contributed by atoms with van der Waals surface area (Å²) in [4.78, 5) is 0. The predicted octanol–water partition coefficient (Wildman–Crippen LogP) is 1.98. The Kier molecular flexibility index (Phi) is 2.76. The summed E-state index contributed by atoms with van der Waals surface area (Å²) in [6.45, 7) is 0. The maximum absolute atomic E-state index is 8.47. The lowest BCUT2D eigenvalue weighted by molar-refractivity contribution is 1.36. The Morgan fingerprint density at radius 3 is 2.36 bits per heavy atom. The number of nitrogens with zero attached hydrogens (tertiary/aromatic N) is 1. The fraction of sp³-hybridized carbons (Fsp3) is 0.111. The maximum Gasteiger partial charge on any atom is 0.0991 e. The number of rotatable bonds is 2. The van der Waals surface area contributed by atoms with Crippen molar-refractivity contribution in [2.75, 3.05) is 0 Å². The van der Waals surface area contributed by atoms with E-state index in [1.54, 1.807) is 12.1 Å². The second-order valence-corrected chi connectivity index (χ2v) is 2.42. The van der Waals surface area contributed by atoms with Crippen molar-refractivity contribution in [2.45, 2.75) is 6.42 Å². The normalized spacial score (nSPS) is 8.64. The van der Waals surface area contributed by atoms with Gasteiger partial charge in [-0.3, -0.25) is 0 Å². The molecule has 0 aromatic heterocycles. The Balaban J connectivity index is 2.84. The molecule has 0 aliphatic rings. The fourth-order valence-electron chi connectivity index (χ4n) is 0.780. The Morgan fingerprint density at radius 1 is 1.27 bits per heavy atom. The van der Waals surface area contributed by atoms with Gasteiger partial charge < -0.3 is 0 Å². The van der Waals surface area contributed by atoms with Crippen LogP contribution in [0.15, 0.2) is 24.3 Å². The third kappa shape index (κ3) is 2.14. The molecule has 0 aliphatic carbocycles. The van der Waals surface area contributed by atoms with Gasteiger partial charge in [0.1, 0.15) is 0 Å². The van der Waals surface area contributed by atoms with Crippen LogP contribution in [0, 0.1) is 11.3 Å². The highest BCUT2D eigenvalue weighted by atomic mass is 32.1. The summed E-state index contributed by atoms with van der Waals surface area (Å²) >= 11 is 4.58. The van der Waals surface area contributed by atoms with E-state index in [1.165, 1.54) is 0 Å². The second-order valence-electron chi connectivity index (χ2n) is 2.13. The van der Waals surface area contributed by atoms with Gasteiger partial charge in [0, 0.05) is 11.8 Å². The Morgan fingerprint density at radius 2 is 1.91 bits per heavy atom. The standard InChI is InChI=1S/C9H6NS/c10-7-9-3-1-8(2-4-9)5-6-11/h1-4H,5H2. The average Bonchev–Trinajstić information content (AvgIpc) is 2.07. The molecular weight excluding hydrogens is 154 g/mol. The van der Waals surface area contributed by atoms with Crippen molar-refractivity contribution in [3.05, 3.63) is 35.4 Å². The van der Waals surface area contributed by atoms with Crippen LogP contribution in [0.2, 0.25) is 0 Å². The summed E-state index contributed by atoms with van der Waals surface area (Å²) in [5.41, 5.74) is 1.78. The summed E-state index contributed by atoms with van der Waals surface area (Å²) < 4.78 is 0. The predicted molar refractivity (Wildman–Crippen MR) is 47.5 cm³/mol. The van der Waals surface area contributed by atoms with E-state index in [-0.39, 0.29) is 0 Å². The molecule has 53 valence electrons. The molecule has 0 amide bonds. The van der Waals surface area contributed by atoms with Crippen LogP contribution in [0.3, 0.4) is 0 Å². The van der Waals surface area contributed by atoms with Crippen molar-refractivity contribution in [3.63, 3.8) is 0 Å². The van der Waals surface area contributed by atoms with Crippen molar-refractivity contribution in [1.82, 2.24) is 0 Å². The molecule has 0 spiro atoms. The first kappa shape index (κ1) is 7.90. The highest BCUT2D eigenvalue weighted by Crippen LogP contribution is 2.02. The number of hydrogen-bond donors (Lipinski definition) is 0. The van der Waals surface area contributed by atoms with Crippen LogP contribution in [0.1, 0.15) is 11.1 Å². The summed E-state index contributed by atoms with van der Waals surface area (Å²) in [5, 5.41) is 11.1. The Labute approximate surface area is 71.3 Å². The van der Waals surface area contributed by atoms with E-state index in [1.807, 2.05) is 18.2 Å². The third-order valence-corrected chi connectivity index (χ3v) is 1.50. The fourth-order valence-corrected chi connectivity index (χ4v) is 0.947. The van der Waals surface area contributed by atoms with Crippen LogP contribution in [0.5, 0.6) is 0 Å². The van der Waals surface area contributed by atoms with Crippen molar-refractivity contribution in [1.29, 1.82) is 5.26 Å². The van der Waals surface area contributed by atoms with Crippen LogP contribution in [-0.4, -0.2) is 5.37 Å². The molecule has 11 heavy (non-hydrogen) atoms. The molecular formula is C9H6NS. The molecule has 0 fully saturated rings. The van der Waals surface area contributed by atoms with E-state index < -0.39 is 0 Å².